The van der Waals surface area contributed by atoms with Crippen molar-refractivity contribution in [1.82, 2.24) is 0 Å². The largest absolute Gasteiger partial charge is 0.504 e. The number of phenols is 1. The maximum absolute atomic E-state index is 11.7. The number of carbonyl (C=O) groups is 2. The van der Waals surface area contributed by atoms with Gasteiger partial charge >= 0.3 is 11.9 Å². The van der Waals surface area contributed by atoms with Crippen LogP contribution in [0.5, 0.6) is 11.5 Å². The Hall–Kier alpha value is -3.80. The van der Waals surface area contributed by atoms with Crippen LogP contribution in [0.25, 0.3) is 16.8 Å². The van der Waals surface area contributed by atoms with Gasteiger partial charge < -0.3 is 10.2 Å². The Bertz CT molecular complexity index is 992. The third-order valence-electron chi connectivity index (χ3n) is 3.62. The highest BCUT2D eigenvalue weighted by molar-refractivity contribution is 6.04. The first-order valence-corrected chi connectivity index (χ1v) is 7.65. The number of aromatic hydroxyl groups is 1. The van der Waals surface area contributed by atoms with Gasteiger partial charge in [0.2, 0.25) is 5.75 Å². The van der Waals surface area contributed by atoms with Gasteiger partial charge in [0.1, 0.15) is 0 Å². The highest BCUT2D eigenvalue weighted by Gasteiger charge is 2.14. The summed E-state index contributed by atoms with van der Waals surface area (Å²) in [5, 5.41) is 20.1. The Labute approximate surface area is 148 Å². The van der Waals surface area contributed by atoms with E-state index in [-0.39, 0.29) is 17.1 Å². The molecule has 0 bridgehead atoms. The lowest BCUT2D eigenvalue weighted by atomic mass is 10.0. The zero-order valence-corrected chi connectivity index (χ0v) is 13.5. The lowest BCUT2D eigenvalue weighted by Crippen LogP contribution is -2.05. The first-order valence-electron chi connectivity index (χ1n) is 7.65. The molecule has 130 valence electrons. The quantitative estimate of drug-likeness (QED) is 0.413. The van der Waals surface area contributed by atoms with E-state index in [0.29, 0.717) is 10.8 Å². The van der Waals surface area contributed by atoms with Crippen LogP contribution < -0.4 is 4.89 Å². The van der Waals surface area contributed by atoms with Crippen LogP contribution in [0.3, 0.4) is 0 Å². The standard InChI is InChI=1S/C20H14O6/c21-17-11-14-7-4-8-15(20(23)24)16(14)12-18(17)25-26-19(22)10-9-13-5-2-1-3-6-13/h1-12,21H,(H,23,24). The molecule has 3 aromatic carbocycles. The van der Waals surface area contributed by atoms with Crippen molar-refractivity contribution in [3.63, 3.8) is 0 Å². The van der Waals surface area contributed by atoms with Crippen LogP contribution in [0, 0.1) is 0 Å². The third kappa shape index (κ3) is 3.81. The fourth-order valence-electron chi connectivity index (χ4n) is 2.39. The molecule has 26 heavy (non-hydrogen) atoms. The molecule has 0 aliphatic carbocycles. The molecule has 6 heteroatoms. The Kier molecular flexibility index (Phi) is 4.85. The van der Waals surface area contributed by atoms with Crippen LogP contribution in [-0.4, -0.2) is 22.2 Å². The lowest BCUT2D eigenvalue weighted by Gasteiger charge is -2.08. The number of benzene rings is 3. The van der Waals surface area contributed by atoms with E-state index in [9.17, 15) is 19.8 Å². The SMILES string of the molecule is O=C(C=Cc1ccccc1)OOc1cc2c(C(=O)O)cccc2cc1O. The van der Waals surface area contributed by atoms with E-state index in [1.54, 1.807) is 18.2 Å². The average Bonchev–Trinajstić information content (AvgIpc) is 2.64. The Morgan fingerprint density at radius 3 is 2.46 bits per heavy atom. The van der Waals surface area contributed by atoms with Crippen LogP contribution in [0.2, 0.25) is 0 Å². The van der Waals surface area contributed by atoms with Gasteiger partial charge in [-0.2, -0.15) is 0 Å². The first-order chi connectivity index (χ1) is 12.5. The van der Waals surface area contributed by atoms with E-state index in [1.807, 2.05) is 30.3 Å². The minimum atomic E-state index is -1.12. The van der Waals surface area contributed by atoms with Crippen molar-refractivity contribution in [2.45, 2.75) is 0 Å². The van der Waals surface area contributed by atoms with E-state index < -0.39 is 11.9 Å². The van der Waals surface area contributed by atoms with E-state index in [1.165, 1.54) is 24.3 Å². The number of fused-ring (bicyclic) bond motifs is 1. The summed E-state index contributed by atoms with van der Waals surface area (Å²) >= 11 is 0. The van der Waals surface area contributed by atoms with Crippen LogP contribution in [0.15, 0.2) is 66.7 Å². The maximum atomic E-state index is 11.7. The predicted octanol–water partition coefficient (Wildman–Crippen LogP) is 3.79. The summed E-state index contributed by atoms with van der Waals surface area (Å²) in [6, 6.07) is 16.4. The van der Waals surface area contributed by atoms with E-state index in [0.717, 1.165) is 5.56 Å². The molecule has 0 atom stereocenters. The number of phenolic OH excluding ortho intramolecular Hbond substituents is 1. The van der Waals surface area contributed by atoms with Crippen molar-refractivity contribution in [2.24, 2.45) is 0 Å². The number of aromatic carboxylic acids is 1. The molecule has 0 spiro atoms. The van der Waals surface area contributed by atoms with Crippen molar-refractivity contribution in [3.05, 3.63) is 77.9 Å². The zero-order chi connectivity index (χ0) is 18.5. The second kappa shape index (κ2) is 7.40. The molecule has 0 aliphatic heterocycles. The molecular formula is C20H14O6. The van der Waals surface area contributed by atoms with Gasteiger partial charge in [0.05, 0.1) is 5.56 Å². The molecule has 0 heterocycles. The first kappa shape index (κ1) is 17.0. The molecule has 0 aliphatic rings. The molecule has 0 saturated heterocycles. The fraction of sp³-hybridized carbons (Fsp3) is 0. The smallest absolute Gasteiger partial charge is 0.379 e. The van der Waals surface area contributed by atoms with Gasteiger partial charge in [0.25, 0.3) is 0 Å². The molecule has 3 rings (SSSR count). The summed E-state index contributed by atoms with van der Waals surface area (Å²) in [7, 11) is 0. The van der Waals surface area contributed by atoms with Crippen LogP contribution >= 0.6 is 0 Å². The fourth-order valence-corrected chi connectivity index (χ4v) is 2.39. The van der Waals surface area contributed by atoms with Gasteiger partial charge in [0, 0.05) is 11.5 Å². The maximum Gasteiger partial charge on any atom is 0.379 e. The summed E-state index contributed by atoms with van der Waals surface area (Å²) < 4.78 is 0. The molecule has 0 saturated carbocycles. The topological polar surface area (TPSA) is 93.1 Å². The van der Waals surface area contributed by atoms with E-state index in [4.69, 9.17) is 4.89 Å². The molecule has 2 N–H and O–H groups in total. The molecule has 0 radical (unpaired) electrons. The minimum Gasteiger partial charge on any atom is -0.504 e. The molecule has 6 nitrogen and oxygen atoms in total. The summed E-state index contributed by atoms with van der Waals surface area (Å²) in [5.41, 5.74) is 0.853. The zero-order valence-electron chi connectivity index (χ0n) is 13.5. The molecule has 3 aromatic rings. The number of hydrogen-bond donors (Lipinski definition) is 2. The van der Waals surface area contributed by atoms with E-state index in [2.05, 4.69) is 4.89 Å². The average molecular weight is 350 g/mol. The van der Waals surface area contributed by atoms with Crippen LogP contribution in [0.4, 0.5) is 0 Å². The van der Waals surface area contributed by atoms with Crippen molar-refractivity contribution in [1.29, 1.82) is 0 Å². The summed E-state index contributed by atoms with van der Waals surface area (Å²) in [5.74, 6) is -2.33. The predicted molar refractivity (Wildman–Crippen MR) is 94.8 cm³/mol. The Morgan fingerprint density at radius 2 is 1.73 bits per heavy atom. The summed E-state index contributed by atoms with van der Waals surface area (Å²) in [6.45, 7) is 0. The van der Waals surface area contributed by atoms with Crippen molar-refractivity contribution in [3.8, 4) is 11.5 Å². The third-order valence-corrected chi connectivity index (χ3v) is 3.62. The van der Waals surface area contributed by atoms with Gasteiger partial charge in [-0.1, -0.05) is 42.5 Å². The summed E-state index contributed by atoms with van der Waals surface area (Å²) in [6.07, 6.45) is 2.73. The van der Waals surface area contributed by atoms with Crippen molar-refractivity contribution < 1.29 is 29.6 Å². The van der Waals surface area contributed by atoms with Gasteiger partial charge in [-0.05, 0) is 35.2 Å². The number of rotatable bonds is 5. The minimum absolute atomic E-state index is 0.0441. The normalized spacial score (nSPS) is 10.8. The lowest BCUT2D eigenvalue weighted by molar-refractivity contribution is -0.207. The molecular weight excluding hydrogens is 336 g/mol. The monoisotopic (exact) mass is 350 g/mol. The van der Waals surface area contributed by atoms with Crippen LogP contribution in [0.1, 0.15) is 15.9 Å². The molecule has 0 fully saturated rings. The van der Waals surface area contributed by atoms with Crippen molar-refractivity contribution >= 4 is 28.8 Å². The number of carbonyl (C=O) groups excluding carboxylic acids is 1. The molecule has 0 unspecified atom stereocenters. The van der Waals surface area contributed by atoms with E-state index >= 15 is 0 Å². The Balaban J connectivity index is 1.77. The van der Waals surface area contributed by atoms with Gasteiger partial charge in [-0.15, -0.1) is 0 Å². The highest BCUT2D eigenvalue weighted by Crippen LogP contribution is 2.33. The summed E-state index contributed by atoms with van der Waals surface area (Å²) in [4.78, 5) is 32.6. The number of carboxylic acid groups (broad SMARTS) is 1. The van der Waals surface area contributed by atoms with Gasteiger partial charge in [-0.25, -0.2) is 14.5 Å². The highest BCUT2D eigenvalue weighted by atomic mass is 17.2. The second-order valence-electron chi connectivity index (χ2n) is 5.38. The Morgan fingerprint density at radius 1 is 0.962 bits per heavy atom. The molecule has 0 aromatic heterocycles. The number of hydrogen-bond acceptors (Lipinski definition) is 5. The van der Waals surface area contributed by atoms with Gasteiger partial charge in [-0.3, -0.25) is 4.89 Å². The number of carboxylic acids is 1. The van der Waals surface area contributed by atoms with Crippen molar-refractivity contribution in [2.75, 3.05) is 0 Å². The van der Waals surface area contributed by atoms with Gasteiger partial charge in [0.15, 0.2) is 5.75 Å². The second-order valence-corrected chi connectivity index (χ2v) is 5.38. The van der Waals surface area contributed by atoms with Crippen LogP contribution in [-0.2, 0) is 9.68 Å². The molecule has 0 amide bonds.